The Hall–Kier alpha value is -2.60. The van der Waals surface area contributed by atoms with Crippen LogP contribution in [0.3, 0.4) is 0 Å². The van der Waals surface area contributed by atoms with Gasteiger partial charge in [0.2, 0.25) is 0 Å². The zero-order valence-corrected chi connectivity index (χ0v) is 13.7. The number of ether oxygens (including phenoxy) is 1. The van der Waals surface area contributed by atoms with Gasteiger partial charge in [0.05, 0.1) is 19.0 Å². The number of aromatic nitrogens is 1. The van der Waals surface area contributed by atoms with Crippen molar-refractivity contribution in [1.82, 2.24) is 9.88 Å². The van der Waals surface area contributed by atoms with E-state index in [4.69, 9.17) is 4.74 Å². The van der Waals surface area contributed by atoms with Crippen LogP contribution in [0.2, 0.25) is 0 Å². The Labute approximate surface area is 136 Å². The SMILES string of the molecule is COc1ccc(C(=O)Nc2ccc(NCCN(C)C)nc2)cc1. The fourth-order valence-corrected chi connectivity index (χ4v) is 1.93. The summed E-state index contributed by atoms with van der Waals surface area (Å²) in [5.74, 6) is 1.33. The van der Waals surface area contributed by atoms with Gasteiger partial charge in [-0.05, 0) is 50.5 Å². The van der Waals surface area contributed by atoms with Crippen molar-refractivity contribution in [3.05, 3.63) is 48.2 Å². The number of hydrogen-bond donors (Lipinski definition) is 2. The van der Waals surface area contributed by atoms with Crippen molar-refractivity contribution in [2.45, 2.75) is 0 Å². The molecule has 0 unspecified atom stereocenters. The number of nitrogens with zero attached hydrogens (tertiary/aromatic N) is 2. The summed E-state index contributed by atoms with van der Waals surface area (Å²) in [7, 11) is 5.63. The van der Waals surface area contributed by atoms with Crippen molar-refractivity contribution in [2.24, 2.45) is 0 Å². The first-order chi connectivity index (χ1) is 11.1. The molecule has 0 atom stereocenters. The summed E-state index contributed by atoms with van der Waals surface area (Å²) in [4.78, 5) is 18.5. The minimum atomic E-state index is -0.178. The lowest BCUT2D eigenvalue weighted by Crippen LogP contribution is -2.21. The van der Waals surface area contributed by atoms with Crippen molar-refractivity contribution >= 4 is 17.4 Å². The number of benzene rings is 1. The number of amides is 1. The average molecular weight is 314 g/mol. The lowest BCUT2D eigenvalue weighted by molar-refractivity contribution is 0.102. The van der Waals surface area contributed by atoms with E-state index in [1.165, 1.54) is 0 Å². The molecule has 0 aliphatic heterocycles. The molecule has 0 radical (unpaired) electrons. The second kappa shape index (κ2) is 8.14. The number of carbonyl (C=O) groups excluding carboxylic acids is 1. The van der Waals surface area contributed by atoms with E-state index < -0.39 is 0 Å². The van der Waals surface area contributed by atoms with Crippen LogP contribution in [0, 0.1) is 0 Å². The molecule has 0 aliphatic carbocycles. The highest BCUT2D eigenvalue weighted by molar-refractivity contribution is 6.04. The zero-order valence-electron chi connectivity index (χ0n) is 13.7. The molecule has 6 heteroatoms. The molecule has 23 heavy (non-hydrogen) atoms. The van der Waals surface area contributed by atoms with Crippen LogP contribution in [-0.2, 0) is 0 Å². The molecule has 2 rings (SSSR count). The number of carbonyl (C=O) groups is 1. The summed E-state index contributed by atoms with van der Waals surface area (Å²) in [6, 6.07) is 10.6. The highest BCUT2D eigenvalue weighted by atomic mass is 16.5. The summed E-state index contributed by atoms with van der Waals surface area (Å²) in [5.41, 5.74) is 1.22. The Bertz CT molecular complexity index is 624. The fraction of sp³-hybridized carbons (Fsp3) is 0.294. The van der Waals surface area contributed by atoms with Crippen molar-refractivity contribution in [3.8, 4) is 5.75 Å². The lowest BCUT2D eigenvalue weighted by atomic mass is 10.2. The second-order valence-electron chi connectivity index (χ2n) is 5.34. The highest BCUT2D eigenvalue weighted by Crippen LogP contribution is 2.14. The molecule has 2 N–H and O–H groups in total. The van der Waals surface area contributed by atoms with E-state index in [1.807, 2.05) is 26.2 Å². The first-order valence-electron chi connectivity index (χ1n) is 7.38. The van der Waals surface area contributed by atoms with Crippen LogP contribution in [-0.4, -0.2) is 50.1 Å². The number of nitrogens with one attached hydrogen (secondary N) is 2. The van der Waals surface area contributed by atoms with E-state index >= 15 is 0 Å². The average Bonchev–Trinajstić information content (AvgIpc) is 2.56. The minimum absolute atomic E-state index is 0.178. The molecular weight excluding hydrogens is 292 g/mol. The van der Waals surface area contributed by atoms with Crippen LogP contribution in [0.25, 0.3) is 0 Å². The Kier molecular flexibility index (Phi) is 5.94. The van der Waals surface area contributed by atoms with Crippen molar-refractivity contribution in [2.75, 3.05) is 44.9 Å². The maximum absolute atomic E-state index is 12.1. The van der Waals surface area contributed by atoms with Gasteiger partial charge in [-0.1, -0.05) is 0 Å². The maximum Gasteiger partial charge on any atom is 0.255 e. The molecule has 0 spiro atoms. The summed E-state index contributed by atoms with van der Waals surface area (Å²) in [6.07, 6.45) is 1.64. The summed E-state index contributed by atoms with van der Waals surface area (Å²) in [5, 5.41) is 6.04. The van der Waals surface area contributed by atoms with Gasteiger partial charge in [-0.25, -0.2) is 4.98 Å². The maximum atomic E-state index is 12.1. The number of rotatable bonds is 7. The first kappa shape index (κ1) is 16.8. The third-order valence-corrected chi connectivity index (χ3v) is 3.24. The molecule has 2 aromatic rings. The predicted octanol–water partition coefficient (Wildman–Crippen LogP) is 2.32. The van der Waals surface area contributed by atoms with Gasteiger partial charge >= 0.3 is 0 Å². The topological polar surface area (TPSA) is 66.5 Å². The van der Waals surface area contributed by atoms with E-state index in [2.05, 4.69) is 20.5 Å². The molecule has 122 valence electrons. The Balaban J connectivity index is 1.90. The number of likely N-dealkylation sites (N-methyl/N-ethyl adjacent to an activating group) is 1. The lowest BCUT2D eigenvalue weighted by Gasteiger charge is -2.11. The number of pyridine rings is 1. The standard InChI is InChI=1S/C17H22N4O2/c1-21(2)11-10-18-16-9-6-14(12-19-16)20-17(22)13-4-7-15(23-3)8-5-13/h4-9,12H,10-11H2,1-3H3,(H,18,19)(H,20,22). The van der Waals surface area contributed by atoms with Crippen LogP contribution in [0.4, 0.5) is 11.5 Å². The van der Waals surface area contributed by atoms with Crippen LogP contribution < -0.4 is 15.4 Å². The minimum Gasteiger partial charge on any atom is -0.497 e. The van der Waals surface area contributed by atoms with E-state index in [9.17, 15) is 4.79 Å². The van der Waals surface area contributed by atoms with Crippen molar-refractivity contribution in [3.63, 3.8) is 0 Å². The van der Waals surface area contributed by atoms with Crippen LogP contribution in [0.5, 0.6) is 5.75 Å². The molecule has 1 aromatic carbocycles. The molecule has 0 fully saturated rings. The third-order valence-electron chi connectivity index (χ3n) is 3.24. The van der Waals surface area contributed by atoms with E-state index in [0.717, 1.165) is 24.7 Å². The number of hydrogen-bond acceptors (Lipinski definition) is 5. The normalized spacial score (nSPS) is 10.4. The summed E-state index contributed by atoms with van der Waals surface area (Å²) in [6.45, 7) is 1.75. The zero-order chi connectivity index (χ0) is 16.7. The monoisotopic (exact) mass is 314 g/mol. The highest BCUT2D eigenvalue weighted by Gasteiger charge is 2.06. The summed E-state index contributed by atoms with van der Waals surface area (Å²) >= 11 is 0. The molecule has 1 heterocycles. The fourth-order valence-electron chi connectivity index (χ4n) is 1.93. The Morgan fingerprint density at radius 1 is 1.17 bits per heavy atom. The summed E-state index contributed by atoms with van der Waals surface area (Å²) < 4.78 is 5.08. The quantitative estimate of drug-likeness (QED) is 0.821. The van der Waals surface area contributed by atoms with Gasteiger partial charge in [0.1, 0.15) is 11.6 Å². The molecule has 0 aliphatic rings. The Morgan fingerprint density at radius 3 is 2.48 bits per heavy atom. The van der Waals surface area contributed by atoms with Gasteiger partial charge in [-0.2, -0.15) is 0 Å². The molecule has 0 saturated heterocycles. The van der Waals surface area contributed by atoms with Crippen LogP contribution >= 0.6 is 0 Å². The third kappa shape index (κ3) is 5.27. The number of anilines is 2. The molecule has 1 aromatic heterocycles. The molecule has 1 amide bonds. The van der Waals surface area contributed by atoms with Gasteiger partial charge in [-0.3, -0.25) is 4.79 Å². The van der Waals surface area contributed by atoms with Gasteiger partial charge in [0, 0.05) is 18.7 Å². The van der Waals surface area contributed by atoms with E-state index in [1.54, 1.807) is 37.6 Å². The van der Waals surface area contributed by atoms with Crippen LogP contribution in [0.1, 0.15) is 10.4 Å². The molecule has 0 saturated carbocycles. The predicted molar refractivity (Wildman–Crippen MR) is 92.2 cm³/mol. The van der Waals surface area contributed by atoms with Crippen LogP contribution in [0.15, 0.2) is 42.6 Å². The van der Waals surface area contributed by atoms with E-state index in [0.29, 0.717) is 11.3 Å². The van der Waals surface area contributed by atoms with Gasteiger partial charge < -0.3 is 20.3 Å². The van der Waals surface area contributed by atoms with Gasteiger partial charge in [0.15, 0.2) is 0 Å². The molecule has 0 bridgehead atoms. The second-order valence-corrected chi connectivity index (χ2v) is 5.34. The van der Waals surface area contributed by atoms with Crippen molar-refractivity contribution < 1.29 is 9.53 Å². The van der Waals surface area contributed by atoms with Crippen molar-refractivity contribution in [1.29, 1.82) is 0 Å². The Morgan fingerprint density at radius 2 is 1.91 bits per heavy atom. The largest absolute Gasteiger partial charge is 0.497 e. The first-order valence-corrected chi connectivity index (χ1v) is 7.38. The van der Waals surface area contributed by atoms with Gasteiger partial charge in [-0.15, -0.1) is 0 Å². The van der Waals surface area contributed by atoms with E-state index in [-0.39, 0.29) is 5.91 Å². The smallest absolute Gasteiger partial charge is 0.255 e. The molecular formula is C17H22N4O2. The van der Waals surface area contributed by atoms with Gasteiger partial charge in [0.25, 0.3) is 5.91 Å². The number of methoxy groups -OCH3 is 1. The molecule has 6 nitrogen and oxygen atoms in total.